The number of likely N-dealkylation sites (tertiary alicyclic amines) is 1. The monoisotopic (exact) mass is 214 g/mol. The third-order valence-electron chi connectivity index (χ3n) is 2.52. The first-order valence-corrected chi connectivity index (χ1v) is 5.57. The fraction of sp³-hybridized carbons (Fsp3) is 0.909. The molecular formula is C11H22N2O2. The molecule has 88 valence electrons. The number of carbonyl (C=O) groups is 1. The van der Waals surface area contributed by atoms with E-state index in [2.05, 4.69) is 0 Å². The van der Waals surface area contributed by atoms with Gasteiger partial charge < -0.3 is 10.0 Å². The van der Waals surface area contributed by atoms with E-state index < -0.39 is 5.60 Å². The second-order valence-corrected chi connectivity index (χ2v) is 5.07. The van der Waals surface area contributed by atoms with Crippen LogP contribution in [0.1, 0.15) is 26.7 Å². The van der Waals surface area contributed by atoms with Gasteiger partial charge in [-0.3, -0.25) is 9.69 Å². The molecule has 1 N–H and O–H groups in total. The minimum Gasteiger partial charge on any atom is -0.389 e. The van der Waals surface area contributed by atoms with Crippen molar-refractivity contribution < 1.29 is 9.90 Å². The summed E-state index contributed by atoms with van der Waals surface area (Å²) in [7, 11) is 1.87. The SMILES string of the molecule is CN(CC(=O)N1CCCC1)CC(C)(C)O. The summed E-state index contributed by atoms with van der Waals surface area (Å²) in [5.41, 5.74) is -0.736. The molecule has 4 heteroatoms. The summed E-state index contributed by atoms with van der Waals surface area (Å²) >= 11 is 0. The second-order valence-electron chi connectivity index (χ2n) is 5.07. The average Bonchev–Trinajstić information content (AvgIpc) is 2.50. The molecule has 1 aliphatic heterocycles. The van der Waals surface area contributed by atoms with Gasteiger partial charge in [0.25, 0.3) is 0 Å². The molecule has 15 heavy (non-hydrogen) atoms. The van der Waals surface area contributed by atoms with Crippen LogP contribution in [-0.2, 0) is 4.79 Å². The molecule has 0 bridgehead atoms. The van der Waals surface area contributed by atoms with Gasteiger partial charge in [0.1, 0.15) is 0 Å². The van der Waals surface area contributed by atoms with Gasteiger partial charge in [0, 0.05) is 19.6 Å². The van der Waals surface area contributed by atoms with Crippen LogP contribution in [0.15, 0.2) is 0 Å². The molecular weight excluding hydrogens is 192 g/mol. The zero-order valence-corrected chi connectivity index (χ0v) is 9.99. The highest BCUT2D eigenvalue weighted by atomic mass is 16.3. The standard InChI is InChI=1S/C11H22N2O2/c1-11(2,15)9-12(3)8-10(14)13-6-4-5-7-13/h15H,4-9H2,1-3H3. The Bertz CT molecular complexity index is 217. The number of amides is 1. The molecule has 1 rings (SSSR count). The van der Waals surface area contributed by atoms with Gasteiger partial charge in [0.2, 0.25) is 5.91 Å². The molecule has 0 unspecified atom stereocenters. The third kappa shape index (κ3) is 4.62. The van der Waals surface area contributed by atoms with E-state index in [9.17, 15) is 9.90 Å². The zero-order valence-electron chi connectivity index (χ0n) is 9.99. The van der Waals surface area contributed by atoms with Crippen LogP contribution in [-0.4, -0.2) is 59.6 Å². The van der Waals surface area contributed by atoms with Crippen molar-refractivity contribution in [3.05, 3.63) is 0 Å². The molecule has 1 aliphatic rings. The molecule has 0 saturated carbocycles. The summed E-state index contributed by atoms with van der Waals surface area (Å²) in [6.45, 7) is 6.23. The van der Waals surface area contributed by atoms with E-state index in [0.717, 1.165) is 25.9 Å². The van der Waals surface area contributed by atoms with Crippen LogP contribution in [0, 0.1) is 0 Å². The number of likely N-dealkylation sites (N-methyl/N-ethyl adjacent to an activating group) is 1. The zero-order chi connectivity index (χ0) is 11.5. The normalized spacial score (nSPS) is 17.5. The van der Waals surface area contributed by atoms with Crippen molar-refractivity contribution in [3.8, 4) is 0 Å². The van der Waals surface area contributed by atoms with Crippen molar-refractivity contribution in [2.45, 2.75) is 32.3 Å². The number of hydrogen-bond donors (Lipinski definition) is 1. The molecule has 0 aliphatic carbocycles. The Morgan fingerprint density at radius 3 is 2.40 bits per heavy atom. The maximum Gasteiger partial charge on any atom is 0.236 e. The van der Waals surface area contributed by atoms with Crippen LogP contribution in [0.5, 0.6) is 0 Å². The van der Waals surface area contributed by atoms with Crippen LogP contribution in [0.2, 0.25) is 0 Å². The molecule has 1 fully saturated rings. The first kappa shape index (κ1) is 12.5. The summed E-state index contributed by atoms with van der Waals surface area (Å²) in [4.78, 5) is 15.5. The van der Waals surface area contributed by atoms with Crippen molar-refractivity contribution in [1.82, 2.24) is 9.80 Å². The first-order chi connectivity index (χ1) is 6.88. The maximum atomic E-state index is 11.7. The van der Waals surface area contributed by atoms with Crippen LogP contribution in [0.25, 0.3) is 0 Å². The number of hydrogen-bond acceptors (Lipinski definition) is 3. The van der Waals surface area contributed by atoms with E-state index in [1.807, 2.05) is 16.8 Å². The highest BCUT2D eigenvalue weighted by molar-refractivity contribution is 5.78. The predicted octanol–water partition coefficient (Wildman–Crippen LogP) is 0.311. The van der Waals surface area contributed by atoms with Crippen LogP contribution < -0.4 is 0 Å². The molecule has 0 spiro atoms. The van der Waals surface area contributed by atoms with E-state index in [4.69, 9.17) is 0 Å². The van der Waals surface area contributed by atoms with Crippen LogP contribution in [0.4, 0.5) is 0 Å². The van der Waals surface area contributed by atoms with Gasteiger partial charge in [0.15, 0.2) is 0 Å². The second kappa shape index (κ2) is 4.94. The van der Waals surface area contributed by atoms with Gasteiger partial charge in [0.05, 0.1) is 12.1 Å². The smallest absolute Gasteiger partial charge is 0.236 e. The Labute approximate surface area is 91.9 Å². The molecule has 1 heterocycles. The molecule has 4 nitrogen and oxygen atoms in total. The van der Waals surface area contributed by atoms with Crippen molar-refractivity contribution in [2.75, 3.05) is 33.2 Å². The Morgan fingerprint density at radius 2 is 1.93 bits per heavy atom. The van der Waals surface area contributed by atoms with Gasteiger partial charge in [-0.15, -0.1) is 0 Å². The summed E-state index contributed by atoms with van der Waals surface area (Å²) in [5.74, 6) is 0.180. The van der Waals surface area contributed by atoms with Crippen molar-refractivity contribution in [2.24, 2.45) is 0 Å². The number of rotatable bonds is 4. The topological polar surface area (TPSA) is 43.8 Å². The van der Waals surface area contributed by atoms with E-state index in [0.29, 0.717) is 13.1 Å². The Hall–Kier alpha value is -0.610. The van der Waals surface area contributed by atoms with E-state index >= 15 is 0 Å². The number of nitrogens with zero attached hydrogens (tertiary/aromatic N) is 2. The molecule has 1 saturated heterocycles. The average molecular weight is 214 g/mol. The quantitative estimate of drug-likeness (QED) is 0.732. The third-order valence-corrected chi connectivity index (χ3v) is 2.52. The Kier molecular flexibility index (Phi) is 4.11. The maximum absolute atomic E-state index is 11.7. The highest BCUT2D eigenvalue weighted by Crippen LogP contribution is 2.09. The predicted molar refractivity (Wildman–Crippen MR) is 59.6 cm³/mol. The molecule has 0 radical (unpaired) electrons. The van der Waals surface area contributed by atoms with Crippen LogP contribution in [0.3, 0.4) is 0 Å². The van der Waals surface area contributed by atoms with Gasteiger partial charge in [-0.05, 0) is 33.7 Å². The lowest BCUT2D eigenvalue weighted by Gasteiger charge is -2.26. The molecule has 0 atom stereocenters. The van der Waals surface area contributed by atoms with E-state index in [1.165, 1.54) is 0 Å². The highest BCUT2D eigenvalue weighted by Gasteiger charge is 2.21. The van der Waals surface area contributed by atoms with Crippen molar-refractivity contribution >= 4 is 5.91 Å². The fourth-order valence-corrected chi connectivity index (χ4v) is 2.01. The molecule has 1 amide bonds. The summed E-state index contributed by atoms with van der Waals surface area (Å²) in [6, 6.07) is 0. The number of carbonyl (C=O) groups excluding carboxylic acids is 1. The summed E-state index contributed by atoms with van der Waals surface area (Å²) in [5, 5.41) is 9.60. The summed E-state index contributed by atoms with van der Waals surface area (Å²) < 4.78 is 0. The minimum atomic E-state index is -0.736. The van der Waals surface area contributed by atoms with E-state index in [1.54, 1.807) is 13.8 Å². The first-order valence-electron chi connectivity index (χ1n) is 5.57. The Morgan fingerprint density at radius 1 is 1.40 bits per heavy atom. The van der Waals surface area contributed by atoms with Crippen molar-refractivity contribution in [1.29, 1.82) is 0 Å². The van der Waals surface area contributed by atoms with E-state index in [-0.39, 0.29) is 5.91 Å². The Balaban J connectivity index is 2.30. The molecule has 0 aromatic heterocycles. The van der Waals surface area contributed by atoms with Gasteiger partial charge >= 0.3 is 0 Å². The number of aliphatic hydroxyl groups is 1. The lowest BCUT2D eigenvalue weighted by molar-refractivity contribution is -0.131. The van der Waals surface area contributed by atoms with Crippen molar-refractivity contribution in [3.63, 3.8) is 0 Å². The lowest BCUT2D eigenvalue weighted by atomic mass is 10.1. The molecule has 0 aromatic rings. The molecule has 0 aromatic carbocycles. The van der Waals surface area contributed by atoms with Gasteiger partial charge in [-0.25, -0.2) is 0 Å². The van der Waals surface area contributed by atoms with Gasteiger partial charge in [-0.1, -0.05) is 0 Å². The fourth-order valence-electron chi connectivity index (χ4n) is 2.01. The van der Waals surface area contributed by atoms with Gasteiger partial charge in [-0.2, -0.15) is 0 Å². The van der Waals surface area contributed by atoms with Crippen LogP contribution >= 0.6 is 0 Å². The lowest BCUT2D eigenvalue weighted by Crippen LogP contribution is -2.42. The minimum absolute atomic E-state index is 0.180. The largest absolute Gasteiger partial charge is 0.389 e. The summed E-state index contributed by atoms with van der Waals surface area (Å²) in [6.07, 6.45) is 2.25.